The van der Waals surface area contributed by atoms with Crippen LogP contribution in [0.3, 0.4) is 0 Å². The maximum atomic E-state index is 11.4. The highest BCUT2D eigenvalue weighted by Crippen LogP contribution is 2.15. The summed E-state index contributed by atoms with van der Waals surface area (Å²) in [6, 6.07) is 1.45. The monoisotopic (exact) mass is 222 g/mol. The summed E-state index contributed by atoms with van der Waals surface area (Å²) >= 11 is 0. The molecule has 0 radical (unpaired) electrons. The van der Waals surface area contributed by atoms with Crippen LogP contribution in [0.25, 0.3) is 0 Å². The highest BCUT2D eigenvalue weighted by atomic mass is 16.6. The molecule has 0 amide bonds. The van der Waals surface area contributed by atoms with Gasteiger partial charge in [0.25, 0.3) is 5.69 Å². The third kappa shape index (κ3) is 3.12. The molecule has 0 spiro atoms. The lowest BCUT2D eigenvalue weighted by molar-refractivity contribution is -0.385. The van der Waals surface area contributed by atoms with Crippen molar-refractivity contribution in [3.05, 3.63) is 33.6 Å². The van der Waals surface area contributed by atoms with E-state index >= 15 is 0 Å². The lowest BCUT2D eigenvalue weighted by Crippen LogP contribution is -2.06. The molecule has 5 heteroatoms. The van der Waals surface area contributed by atoms with Crippen LogP contribution in [0.1, 0.15) is 31.0 Å². The maximum Gasteiger partial charge on any atom is 0.287 e. The van der Waals surface area contributed by atoms with Crippen LogP contribution in [0, 0.1) is 17.0 Å². The number of pyridine rings is 1. The van der Waals surface area contributed by atoms with Gasteiger partial charge in [0.15, 0.2) is 0 Å². The second kappa shape index (κ2) is 5.34. The Balaban J connectivity index is 2.83. The van der Waals surface area contributed by atoms with Crippen molar-refractivity contribution in [1.82, 2.24) is 4.98 Å². The van der Waals surface area contributed by atoms with Crippen molar-refractivity contribution in [2.24, 2.45) is 0 Å². The quantitative estimate of drug-likeness (QED) is 0.565. The minimum atomic E-state index is -0.488. The van der Waals surface area contributed by atoms with E-state index in [1.165, 1.54) is 12.3 Å². The SMILES string of the molecule is CCCC(=O)Cc1ncc([N+](=O)[O-])cc1C. The summed E-state index contributed by atoms with van der Waals surface area (Å²) in [4.78, 5) is 25.4. The topological polar surface area (TPSA) is 73.1 Å². The molecule has 1 heterocycles. The average Bonchev–Trinajstić information content (AvgIpc) is 2.21. The second-order valence-electron chi connectivity index (χ2n) is 3.68. The molecule has 0 fully saturated rings. The number of rotatable bonds is 5. The Labute approximate surface area is 93.7 Å². The lowest BCUT2D eigenvalue weighted by atomic mass is 10.1. The summed E-state index contributed by atoms with van der Waals surface area (Å²) in [6.45, 7) is 3.67. The Morgan fingerprint density at radius 1 is 1.56 bits per heavy atom. The fourth-order valence-corrected chi connectivity index (χ4v) is 1.43. The number of nitrogens with zero attached hydrogens (tertiary/aromatic N) is 2. The number of hydrogen-bond donors (Lipinski definition) is 0. The van der Waals surface area contributed by atoms with Gasteiger partial charge in [-0.05, 0) is 18.9 Å². The van der Waals surface area contributed by atoms with Gasteiger partial charge in [-0.3, -0.25) is 19.9 Å². The van der Waals surface area contributed by atoms with Gasteiger partial charge >= 0.3 is 0 Å². The molecule has 0 aliphatic carbocycles. The number of nitro groups is 1. The van der Waals surface area contributed by atoms with Gasteiger partial charge in [-0.25, -0.2) is 0 Å². The molecule has 0 aliphatic rings. The van der Waals surface area contributed by atoms with E-state index in [1.807, 2.05) is 6.92 Å². The molecule has 0 atom stereocenters. The van der Waals surface area contributed by atoms with Crippen LogP contribution in [-0.4, -0.2) is 15.7 Å². The number of aromatic nitrogens is 1. The van der Waals surface area contributed by atoms with Gasteiger partial charge < -0.3 is 0 Å². The minimum absolute atomic E-state index is 0.0378. The molecule has 86 valence electrons. The van der Waals surface area contributed by atoms with Gasteiger partial charge in [-0.1, -0.05) is 6.92 Å². The number of carbonyl (C=O) groups is 1. The van der Waals surface area contributed by atoms with E-state index in [-0.39, 0.29) is 17.9 Å². The largest absolute Gasteiger partial charge is 0.299 e. The van der Waals surface area contributed by atoms with Crippen molar-refractivity contribution in [2.45, 2.75) is 33.1 Å². The van der Waals surface area contributed by atoms with Crippen LogP contribution in [0.15, 0.2) is 12.3 Å². The number of Topliss-reactive ketones (excluding diaryl/α,β-unsaturated/α-hetero) is 1. The maximum absolute atomic E-state index is 11.4. The van der Waals surface area contributed by atoms with Crippen molar-refractivity contribution in [2.75, 3.05) is 0 Å². The Hall–Kier alpha value is -1.78. The zero-order chi connectivity index (χ0) is 12.1. The Morgan fingerprint density at radius 2 is 2.25 bits per heavy atom. The summed E-state index contributed by atoms with van der Waals surface area (Å²) in [5, 5.41) is 10.5. The second-order valence-corrected chi connectivity index (χ2v) is 3.68. The molecule has 0 saturated heterocycles. The summed E-state index contributed by atoms with van der Waals surface area (Å²) in [6.07, 6.45) is 2.79. The third-order valence-corrected chi connectivity index (χ3v) is 2.28. The average molecular weight is 222 g/mol. The van der Waals surface area contributed by atoms with Crippen LogP contribution in [0.5, 0.6) is 0 Å². The first-order valence-corrected chi connectivity index (χ1v) is 5.16. The van der Waals surface area contributed by atoms with Gasteiger partial charge in [0.05, 0.1) is 10.6 Å². The van der Waals surface area contributed by atoms with Crippen molar-refractivity contribution in [3.8, 4) is 0 Å². The van der Waals surface area contributed by atoms with E-state index in [0.717, 1.165) is 6.42 Å². The van der Waals surface area contributed by atoms with Crippen molar-refractivity contribution >= 4 is 11.5 Å². The summed E-state index contributed by atoms with van der Waals surface area (Å²) in [7, 11) is 0. The molecule has 1 aromatic heterocycles. The zero-order valence-electron chi connectivity index (χ0n) is 9.40. The third-order valence-electron chi connectivity index (χ3n) is 2.28. The molecule has 1 aromatic rings. The molecule has 0 unspecified atom stereocenters. The fourth-order valence-electron chi connectivity index (χ4n) is 1.43. The molecule has 1 rings (SSSR count). The van der Waals surface area contributed by atoms with E-state index in [2.05, 4.69) is 4.98 Å². The molecule has 0 saturated carbocycles. The van der Waals surface area contributed by atoms with Crippen LogP contribution < -0.4 is 0 Å². The summed E-state index contributed by atoms with van der Waals surface area (Å²) < 4.78 is 0. The molecular formula is C11H14N2O3. The highest BCUT2D eigenvalue weighted by molar-refractivity contribution is 5.80. The molecule has 5 nitrogen and oxygen atoms in total. The van der Waals surface area contributed by atoms with E-state index in [4.69, 9.17) is 0 Å². The number of hydrogen-bond acceptors (Lipinski definition) is 4. The summed E-state index contributed by atoms with van der Waals surface area (Å²) in [5.74, 6) is 0.118. The van der Waals surface area contributed by atoms with E-state index in [9.17, 15) is 14.9 Å². The first-order valence-electron chi connectivity index (χ1n) is 5.16. The molecule has 0 bridgehead atoms. The first-order chi connectivity index (χ1) is 7.54. The van der Waals surface area contributed by atoms with Crippen molar-refractivity contribution in [3.63, 3.8) is 0 Å². The predicted octanol–water partition coefficient (Wildman–Crippen LogP) is 2.21. The van der Waals surface area contributed by atoms with E-state index in [1.54, 1.807) is 6.92 Å². The predicted molar refractivity (Wildman–Crippen MR) is 59.2 cm³/mol. The molecule has 0 aliphatic heterocycles. The van der Waals surface area contributed by atoms with E-state index < -0.39 is 4.92 Å². The zero-order valence-corrected chi connectivity index (χ0v) is 9.40. The van der Waals surface area contributed by atoms with Crippen molar-refractivity contribution < 1.29 is 9.72 Å². The number of carbonyl (C=O) groups excluding carboxylic acids is 1. The van der Waals surface area contributed by atoms with Gasteiger partial charge in [0.1, 0.15) is 12.0 Å². The molecular weight excluding hydrogens is 208 g/mol. The molecule has 16 heavy (non-hydrogen) atoms. The van der Waals surface area contributed by atoms with Crippen LogP contribution in [0.2, 0.25) is 0 Å². The van der Waals surface area contributed by atoms with Gasteiger partial charge in [-0.2, -0.15) is 0 Å². The Morgan fingerprint density at radius 3 is 2.75 bits per heavy atom. The molecule has 0 aromatic carbocycles. The van der Waals surface area contributed by atoms with Gasteiger partial charge in [0, 0.05) is 18.9 Å². The van der Waals surface area contributed by atoms with Crippen LogP contribution in [0.4, 0.5) is 5.69 Å². The van der Waals surface area contributed by atoms with Crippen LogP contribution >= 0.6 is 0 Å². The Bertz CT molecular complexity index is 416. The first kappa shape index (κ1) is 12.3. The fraction of sp³-hybridized carbons (Fsp3) is 0.455. The summed E-state index contributed by atoms with van der Waals surface area (Å²) in [5.41, 5.74) is 1.28. The highest BCUT2D eigenvalue weighted by Gasteiger charge is 2.11. The molecule has 0 N–H and O–H groups in total. The van der Waals surface area contributed by atoms with Gasteiger partial charge in [-0.15, -0.1) is 0 Å². The lowest BCUT2D eigenvalue weighted by Gasteiger charge is -2.03. The normalized spacial score (nSPS) is 10.1. The number of aryl methyl sites for hydroxylation is 1. The standard InChI is InChI=1S/C11H14N2O3/c1-3-4-10(14)6-11-8(2)5-9(7-12-11)13(15)16/h5,7H,3-4,6H2,1-2H3. The van der Waals surface area contributed by atoms with Crippen LogP contribution in [-0.2, 0) is 11.2 Å². The van der Waals surface area contributed by atoms with E-state index in [0.29, 0.717) is 17.7 Å². The Kier molecular flexibility index (Phi) is 4.10. The van der Waals surface area contributed by atoms with Gasteiger partial charge in [0.2, 0.25) is 0 Å². The smallest absolute Gasteiger partial charge is 0.287 e. The van der Waals surface area contributed by atoms with Crippen molar-refractivity contribution in [1.29, 1.82) is 0 Å². The number of ketones is 1. The minimum Gasteiger partial charge on any atom is -0.299 e.